The molecule has 3 nitrogen and oxygen atoms in total. The van der Waals surface area contributed by atoms with Gasteiger partial charge in [-0.25, -0.2) is 0 Å². The van der Waals surface area contributed by atoms with Crippen LogP contribution in [0.3, 0.4) is 0 Å². The summed E-state index contributed by atoms with van der Waals surface area (Å²) in [6.45, 7) is 4.28. The molecule has 0 aromatic heterocycles. The average Bonchev–Trinajstić information content (AvgIpc) is 2.96. The number of likely N-dealkylation sites (N-methyl/N-ethyl adjacent to an activating group) is 1. The normalized spacial score (nSPS) is 15.6. The lowest BCUT2D eigenvalue weighted by molar-refractivity contribution is -0.130. The van der Waals surface area contributed by atoms with E-state index in [4.69, 9.17) is 0 Å². The van der Waals surface area contributed by atoms with Gasteiger partial charge in [-0.15, -0.1) is 0 Å². The zero-order valence-corrected chi connectivity index (χ0v) is 11.8. The number of hydrogen-bond donors (Lipinski definition) is 0. The van der Waals surface area contributed by atoms with E-state index in [1.807, 2.05) is 30.1 Å². The number of hydrogen-bond acceptors (Lipinski definition) is 2. The molecule has 0 atom stereocenters. The van der Waals surface area contributed by atoms with Crippen LogP contribution in [0.2, 0.25) is 0 Å². The van der Waals surface area contributed by atoms with Crippen molar-refractivity contribution in [2.24, 2.45) is 0 Å². The van der Waals surface area contributed by atoms with E-state index in [0.717, 1.165) is 19.5 Å². The first-order valence-electron chi connectivity index (χ1n) is 7.26. The third-order valence-electron chi connectivity index (χ3n) is 3.85. The average molecular weight is 260 g/mol. The Morgan fingerprint density at radius 2 is 1.89 bits per heavy atom. The van der Waals surface area contributed by atoms with Crippen LogP contribution in [0.4, 0.5) is 0 Å². The highest BCUT2D eigenvalue weighted by Crippen LogP contribution is 2.07. The quantitative estimate of drug-likeness (QED) is 0.782. The van der Waals surface area contributed by atoms with Gasteiger partial charge in [0.05, 0.1) is 0 Å². The molecular weight excluding hydrogens is 236 g/mol. The third kappa shape index (κ3) is 4.67. The minimum atomic E-state index is 0.253. The highest BCUT2D eigenvalue weighted by molar-refractivity contribution is 5.76. The largest absolute Gasteiger partial charge is 0.344 e. The number of benzene rings is 1. The molecule has 1 aliphatic heterocycles. The summed E-state index contributed by atoms with van der Waals surface area (Å²) >= 11 is 0. The first kappa shape index (κ1) is 14.1. The monoisotopic (exact) mass is 260 g/mol. The van der Waals surface area contributed by atoms with Crippen LogP contribution in [0.1, 0.15) is 24.8 Å². The summed E-state index contributed by atoms with van der Waals surface area (Å²) in [7, 11) is 1.92. The van der Waals surface area contributed by atoms with Gasteiger partial charge in [-0.1, -0.05) is 30.3 Å². The zero-order valence-electron chi connectivity index (χ0n) is 11.8. The van der Waals surface area contributed by atoms with Crippen molar-refractivity contribution in [3.05, 3.63) is 35.9 Å². The van der Waals surface area contributed by atoms with Crippen molar-refractivity contribution < 1.29 is 4.79 Å². The van der Waals surface area contributed by atoms with E-state index in [1.165, 1.54) is 31.5 Å². The highest BCUT2D eigenvalue weighted by Gasteiger charge is 2.14. The van der Waals surface area contributed by atoms with Crippen LogP contribution in [-0.4, -0.2) is 48.9 Å². The Morgan fingerprint density at radius 3 is 2.58 bits per heavy atom. The van der Waals surface area contributed by atoms with E-state index >= 15 is 0 Å². The summed E-state index contributed by atoms with van der Waals surface area (Å²) in [5, 5.41) is 0. The molecule has 0 N–H and O–H groups in total. The van der Waals surface area contributed by atoms with Crippen LogP contribution >= 0.6 is 0 Å². The molecule has 1 amide bonds. The van der Waals surface area contributed by atoms with Crippen molar-refractivity contribution in [3.63, 3.8) is 0 Å². The molecule has 2 rings (SSSR count). The minimum Gasteiger partial charge on any atom is -0.344 e. The zero-order chi connectivity index (χ0) is 13.5. The Hall–Kier alpha value is -1.35. The van der Waals surface area contributed by atoms with Crippen LogP contribution in [0.5, 0.6) is 0 Å². The van der Waals surface area contributed by atoms with Crippen molar-refractivity contribution in [3.8, 4) is 0 Å². The van der Waals surface area contributed by atoms with Crippen molar-refractivity contribution in [1.82, 2.24) is 9.80 Å². The smallest absolute Gasteiger partial charge is 0.222 e. The molecule has 104 valence electrons. The number of amides is 1. The Bertz CT molecular complexity index is 385. The summed E-state index contributed by atoms with van der Waals surface area (Å²) in [6, 6.07) is 10.2. The first-order valence-corrected chi connectivity index (χ1v) is 7.26. The predicted octanol–water partition coefficient (Wildman–Crippen LogP) is 2.17. The predicted molar refractivity (Wildman–Crippen MR) is 78.1 cm³/mol. The van der Waals surface area contributed by atoms with Gasteiger partial charge in [0, 0.05) is 26.6 Å². The minimum absolute atomic E-state index is 0.253. The molecule has 1 aromatic carbocycles. The highest BCUT2D eigenvalue weighted by atomic mass is 16.2. The molecule has 0 radical (unpaired) electrons. The molecule has 1 saturated heterocycles. The fourth-order valence-electron chi connectivity index (χ4n) is 2.51. The van der Waals surface area contributed by atoms with Crippen LogP contribution in [0.25, 0.3) is 0 Å². The Kier molecular flexibility index (Phi) is 5.40. The Labute approximate surface area is 116 Å². The summed E-state index contributed by atoms with van der Waals surface area (Å²) in [5.41, 5.74) is 1.24. The maximum atomic E-state index is 12.0. The molecule has 1 fully saturated rings. The SMILES string of the molecule is CN(CCN1CCCC1)C(=O)CCc1ccccc1. The molecule has 0 aliphatic carbocycles. The van der Waals surface area contributed by atoms with E-state index in [0.29, 0.717) is 6.42 Å². The summed E-state index contributed by atoms with van der Waals surface area (Å²) in [5.74, 6) is 0.253. The first-order chi connectivity index (χ1) is 9.25. The number of nitrogens with zero attached hydrogens (tertiary/aromatic N) is 2. The fraction of sp³-hybridized carbons (Fsp3) is 0.562. The summed E-state index contributed by atoms with van der Waals surface area (Å²) < 4.78 is 0. The Morgan fingerprint density at radius 1 is 1.21 bits per heavy atom. The maximum absolute atomic E-state index is 12.0. The van der Waals surface area contributed by atoms with Gasteiger partial charge in [0.2, 0.25) is 5.91 Å². The van der Waals surface area contributed by atoms with E-state index in [-0.39, 0.29) is 5.91 Å². The van der Waals surface area contributed by atoms with Gasteiger partial charge < -0.3 is 9.80 Å². The molecule has 1 heterocycles. The van der Waals surface area contributed by atoms with E-state index in [9.17, 15) is 4.79 Å². The Balaban J connectivity index is 1.67. The fourth-order valence-corrected chi connectivity index (χ4v) is 2.51. The molecule has 0 bridgehead atoms. The van der Waals surface area contributed by atoms with Crippen LogP contribution in [0.15, 0.2) is 30.3 Å². The van der Waals surface area contributed by atoms with Gasteiger partial charge >= 0.3 is 0 Å². The van der Waals surface area contributed by atoms with Gasteiger partial charge in [-0.05, 0) is 37.9 Å². The van der Waals surface area contributed by atoms with Gasteiger partial charge in [0.25, 0.3) is 0 Å². The van der Waals surface area contributed by atoms with E-state index < -0.39 is 0 Å². The number of likely N-dealkylation sites (tertiary alicyclic amines) is 1. The number of carbonyl (C=O) groups is 1. The third-order valence-corrected chi connectivity index (χ3v) is 3.85. The number of rotatable bonds is 6. The van der Waals surface area contributed by atoms with Gasteiger partial charge in [-0.3, -0.25) is 4.79 Å². The molecule has 0 saturated carbocycles. The second-order valence-electron chi connectivity index (χ2n) is 5.35. The van der Waals surface area contributed by atoms with Gasteiger partial charge in [0.15, 0.2) is 0 Å². The maximum Gasteiger partial charge on any atom is 0.222 e. The molecular formula is C16H24N2O. The molecule has 19 heavy (non-hydrogen) atoms. The standard InChI is InChI=1S/C16H24N2O/c1-17(13-14-18-11-5-6-12-18)16(19)10-9-15-7-3-2-4-8-15/h2-4,7-8H,5-6,9-14H2,1H3. The van der Waals surface area contributed by atoms with E-state index in [2.05, 4.69) is 17.0 Å². The lowest BCUT2D eigenvalue weighted by Gasteiger charge is -2.21. The van der Waals surface area contributed by atoms with Crippen molar-refractivity contribution >= 4 is 5.91 Å². The molecule has 1 aliphatic rings. The van der Waals surface area contributed by atoms with Crippen LogP contribution < -0.4 is 0 Å². The lowest BCUT2D eigenvalue weighted by atomic mass is 10.1. The molecule has 0 spiro atoms. The molecule has 1 aromatic rings. The summed E-state index contributed by atoms with van der Waals surface area (Å²) in [4.78, 5) is 16.4. The van der Waals surface area contributed by atoms with Crippen molar-refractivity contribution in [2.45, 2.75) is 25.7 Å². The van der Waals surface area contributed by atoms with Crippen LogP contribution in [-0.2, 0) is 11.2 Å². The van der Waals surface area contributed by atoms with Crippen LogP contribution in [0, 0.1) is 0 Å². The van der Waals surface area contributed by atoms with Crippen molar-refractivity contribution in [2.75, 3.05) is 33.2 Å². The van der Waals surface area contributed by atoms with Gasteiger partial charge in [-0.2, -0.15) is 0 Å². The second kappa shape index (κ2) is 7.29. The van der Waals surface area contributed by atoms with Gasteiger partial charge in [0.1, 0.15) is 0 Å². The second-order valence-corrected chi connectivity index (χ2v) is 5.35. The molecule has 3 heteroatoms. The molecule has 0 unspecified atom stereocenters. The van der Waals surface area contributed by atoms with Crippen molar-refractivity contribution in [1.29, 1.82) is 0 Å². The van der Waals surface area contributed by atoms with E-state index in [1.54, 1.807) is 0 Å². The number of aryl methyl sites for hydroxylation is 1. The lowest BCUT2D eigenvalue weighted by Crippen LogP contribution is -2.35. The topological polar surface area (TPSA) is 23.6 Å². The summed E-state index contributed by atoms with van der Waals surface area (Å²) in [6.07, 6.45) is 4.07. The number of carbonyl (C=O) groups excluding carboxylic acids is 1.